The molecule has 0 aromatic heterocycles. The first-order chi connectivity index (χ1) is 14.2. The fourth-order valence-corrected chi connectivity index (χ4v) is 4.57. The highest BCUT2D eigenvalue weighted by molar-refractivity contribution is 7.93. The molecule has 0 radical (unpaired) electrons. The third-order valence-corrected chi connectivity index (χ3v) is 6.75. The summed E-state index contributed by atoms with van der Waals surface area (Å²) >= 11 is 0. The Labute approximate surface area is 178 Å². The Bertz CT molecular complexity index is 1150. The number of nitrogens with zero attached hydrogens (tertiary/aromatic N) is 1. The number of rotatable bonds is 6. The van der Waals surface area contributed by atoms with Crippen molar-refractivity contribution in [3.8, 4) is 5.75 Å². The van der Waals surface area contributed by atoms with E-state index in [1.54, 1.807) is 42.5 Å². The third-order valence-electron chi connectivity index (χ3n) is 4.99. The Balaban J connectivity index is 1.98. The minimum Gasteiger partial charge on any atom is -0.483 e. The van der Waals surface area contributed by atoms with Crippen molar-refractivity contribution in [1.29, 1.82) is 0 Å². The second kappa shape index (κ2) is 8.71. The van der Waals surface area contributed by atoms with Crippen LogP contribution < -0.4 is 9.04 Å². The van der Waals surface area contributed by atoms with Gasteiger partial charge in [0.15, 0.2) is 6.61 Å². The van der Waals surface area contributed by atoms with Crippen molar-refractivity contribution < 1.29 is 17.9 Å². The zero-order valence-corrected chi connectivity index (χ0v) is 18.4. The molecule has 1 amide bonds. The van der Waals surface area contributed by atoms with Gasteiger partial charge in [0.1, 0.15) is 5.75 Å². The lowest BCUT2D eigenvalue weighted by Gasteiger charge is -2.23. The molecule has 0 heterocycles. The van der Waals surface area contributed by atoms with E-state index in [2.05, 4.69) is 0 Å². The van der Waals surface area contributed by atoms with Gasteiger partial charge >= 0.3 is 0 Å². The van der Waals surface area contributed by atoms with Crippen LogP contribution in [0, 0.1) is 27.7 Å². The van der Waals surface area contributed by atoms with E-state index < -0.39 is 22.5 Å². The third kappa shape index (κ3) is 4.39. The maximum absolute atomic E-state index is 13.3. The topological polar surface area (TPSA) is 63.7 Å². The van der Waals surface area contributed by atoms with E-state index >= 15 is 0 Å². The second-order valence-corrected chi connectivity index (χ2v) is 9.04. The summed E-state index contributed by atoms with van der Waals surface area (Å²) in [5, 5.41) is 0. The molecule has 0 fully saturated rings. The molecule has 0 bridgehead atoms. The van der Waals surface area contributed by atoms with Crippen LogP contribution in [0.4, 0.5) is 5.69 Å². The Morgan fingerprint density at radius 1 is 0.833 bits per heavy atom. The van der Waals surface area contributed by atoms with Crippen molar-refractivity contribution in [2.75, 3.05) is 10.9 Å². The van der Waals surface area contributed by atoms with Crippen LogP contribution in [-0.2, 0) is 14.8 Å². The number of hydrogen-bond donors (Lipinski definition) is 0. The molecule has 3 aromatic carbocycles. The summed E-state index contributed by atoms with van der Waals surface area (Å²) in [7, 11) is -4.10. The van der Waals surface area contributed by atoms with Crippen molar-refractivity contribution in [2.45, 2.75) is 32.6 Å². The van der Waals surface area contributed by atoms with E-state index in [9.17, 15) is 13.2 Å². The van der Waals surface area contributed by atoms with Crippen LogP contribution in [0.1, 0.15) is 22.3 Å². The Hall–Kier alpha value is -3.12. The van der Waals surface area contributed by atoms with E-state index in [-0.39, 0.29) is 10.6 Å². The first-order valence-corrected chi connectivity index (χ1v) is 11.1. The van der Waals surface area contributed by atoms with Gasteiger partial charge in [-0.25, -0.2) is 8.42 Å². The number of hydrogen-bond acceptors (Lipinski definition) is 4. The lowest BCUT2D eigenvalue weighted by molar-refractivity contribution is -0.119. The number of sulfonamides is 1. The number of amides is 1. The molecule has 5 nitrogen and oxygen atoms in total. The largest absolute Gasteiger partial charge is 0.483 e. The number of anilines is 1. The molecule has 0 atom stereocenters. The first kappa shape index (κ1) is 21.6. The van der Waals surface area contributed by atoms with Gasteiger partial charge in [-0.2, -0.15) is 4.31 Å². The predicted octanol–water partition coefficient (Wildman–Crippen LogP) is 4.72. The predicted molar refractivity (Wildman–Crippen MR) is 118 cm³/mol. The molecule has 3 rings (SSSR count). The molecule has 0 saturated carbocycles. The number of carbonyl (C=O) groups excluding carboxylic acids is 1. The fourth-order valence-electron chi connectivity index (χ4n) is 3.13. The zero-order chi connectivity index (χ0) is 21.9. The van der Waals surface area contributed by atoms with E-state index in [4.69, 9.17) is 4.74 Å². The molecule has 6 heteroatoms. The molecule has 0 spiro atoms. The Kier molecular flexibility index (Phi) is 6.27. The summed E-state index contributed by atoms with van der Waals surface area (Å²) in [6.07, 6.45) is 0. The average Bonchev–Trinajstić information content (AvgIpc) is 2.73. The number of ether oxygens (including phenoxy) is 1. The summed E-state index contributed by atoms with van der Waals surface area (Å²) in [6.45, 7) is 7.27. The van der Waals surface area contributed by atoms with Crippen LogP contribution in [0.3, 0.4) is 0 Å². The van der Waals surface area contributed by atoms with Crippen LogP contribution in [0.5, 0.6) is 5.75 Å². The van der Waals surface area contributed by atoms with Crippen molar-refractivity contribution in [3.05, 3.63) is 89.0 Å². The molecule has 0 aliphatic carbocycles. The van der Waals surface area contributed by atoms with Gasteiger partial charge in [-0.3, -0.25) is 4.79 Å². The van der Waals surface area contributed by atoms with Gasteiger partial charge in [0.25, 0.3) is 15.9 Å². The summed E-state index contributed by atoms with van der Waals surface area (Å²) in [6, 6.07) is 18.6. The van der Waals surface area contributed by atoms with Crippen molar-refractivity contribution >= 4 is 21.6 Å². The van der Waals surface area contributed by atoms with Crippen LogP contribution in [0.15, 0.2) is 71.6 Å². The Morgan fingerprint density at radius 3 is 2.07 bits per heavy atom. The van der Waals surface area contributed by atoms with Crippen LogP contribution in [-0.4, -0.2) is 20.9 Å². The fraction of sp³-hybridized carbons (Fsp3) is 0.208. The molecule has 0 aliphatic heterocycles. The van der Waals surface area contributed by atoms with E-state index in [1.807, 2.05) is 39.8 Å². The van der Waals surface area contributed by atoms with Gasteiger partial charge in [-0.05, 0) is 68.7 Å². The lowest BCUT2D eigenvalue weighted by atomic mass is 10.1. The molecule has 0 unspecified atom stereocenters. The van der Waals surface area contributed by atoms with Gasteiger partial charge in [0.05, 0.1) is 10.6 Å². The SMILES string of the molecule is Cc1ccc(N(C(=O)COc2c(C)ccc(C)c2C)S(=O)(=O)c2ccccc2)cc1. The average molecular weight is 424 g/mol. The van der Waals surface area contributed by atoms with Crippen molar-refractivity contribution in [1.82, 2.24) is 0 Å². The highest BCUT2D eigenvalue weighted by Crippen LogP contribution is 2.27. The normalized spacial score (nSPS) is 11.2. The van der Waals surface area contributed by atoms with Crippen LogP contribution >= 0.6 is 0 Å². The number of benzene rings is 3. The smallest absolute Gasteiger partial charge is 0.278 e. The minimum atomic E-state index is -4.10. The van der Waals surface area contributed by atoms with Gasteiger partial charge < -0.3 is 4.74 Å². The molecule has 0 aliphatic rings. The molecule has 3 aromatic rings. The number of carbonyl (C=O) groups is 1. The summed E-state index contributed by atoms with van der Waals surface area (Å²) in [5.74, 6) is -0.0627. The van der Waals surface area contributed by atoms with Gasteiger partial charge in [-0.1, -0.05) is 48.0 Å². The van der Waals surface area contributed by atoms with Crippen LogP contribution in [0.2, 0.25) is 0 Å². The lowest BCUT2D eigenvalue weighted by Crippen LogP contribution is -2.40. The zero-order valence-electron chi connectivity index (χ0n) is 17.5. The maximum Gasteiger partial charge on any atom is 0.278 e. The maximum atomic E-state index is 13.3. The quantitative estimate of drug-likeness (QED) is 0.575. The molecule has 0 saturated heterocycles. The van der Waals surface area contributed by atoms with Crippen LogP contribution in [0.25, 0.3) is 0 Å². The van der Waals surface area contributed by atoms with Crippen molar-refractivity contribution in [2.24, 2.45) is 0 Å². The second-order valence-electron chi connectivity index (χ2n) is 7.25. The highest BCUT2D eigenvalue weighted by atomic mass is 32.2. The van der Waals surface area contributed by atoms with E-state index in [1.165, 1.54) is 12.1 Å². The molecule has 156 valence electrons. The monoisotopic (exact) mass is 423 g/mol. The van der Waals surface area contributed by atoms with Gasteiger partial charge in [0, 0.05) is 0 Å². The molecular formula is C24H25NO4S. The molecule has 0 N–H and O–H groups in total. The van der Waals surface area contributed by atoms with Gasteiger partial charge in [-0.15, -0.1) is 0 Å². The first-order valence-electron chi connectivity index (χ1n) is 9.61. The Morgan fingerprint density at radius 2 is 1.43 bits per heavy atom. The standard InChI is InChI=1S/C24H25NO4S/c1-17-10-14-21(15-11-17)25(30(27,28)22-8-6-5-7-9-22)23(26)16-29-24-19(3)13-12-18(2)20(24)4/h5-15H,16H2,1-4H3. The molecule has 30 heavy (non-hydrogen) atoms. The summed E-state index contributed by atoms with van der Waals surface area (Å²) in [5.41, 5.74) is 4.09. The van der Waals surface area contributed by atoms with Crippen molar-refractivity contribution in [3.63, 3.8) is 0 Å². The van der Waals surface area contributed by atoms with E-state index in [0.717, 1.165) is 26.6 Å². The number of aryl methyl sites for hydroxylation is 3. The molecular weight excluding hydrogens is 398 g/mol. The minimum absolute atomic E-state index is 0.0434. The van der Waals surface area contributed by atoms with Gasteiger partial charge in [0.2, 0.25) is 0 Å². The highest BCUT2D eigenvalue weighted by Gasteiger charge is 2.31. The summed E-state index contributed by atoms with van der Waals surface area (Å²) < 4.78 is 33.2. The van der Waals surface area contributed by atoms with E-state index in [0.29, 0.717) is 5.75 Å². The summed E-state index contributed by atoms with van der Waals surface area (Å²) in [4.78, 5) is 13.2.